The molecule has 0 saturated heterocycles. The molecule has 1 aromatic carbocycles. The molecular weight excluding hydrogens is 232 g/mol. The first-order chi connectivity index (χ1) is 8.70. The van der Waals surface area contributed by atoms with E-state index in [9.17, 15) is 0 Å². The van der Waals surface area contributed by atoms with Crippen molar-refractivity contribution in [1.82, 2.24) is 10.1 Å². The molecule has 0 aliphatic heterocycles. The topological polar surface area (TPSA) is 90.1 Å². The lowest BCUT2D eigenvalue weighted by atomic mass is 10.3. The highest BCUT2D eigenvalue weighted by Crippen LogP contribution is 2.21. The van der Waals surface area contributed by atoms with Crippen molar-refractivity contribution in [3.8, 4) is 0 Å². The normalized spacial score (nSPS) is 10.9. The second kappa shape index (κ2) is 4.06. The fourth-order valence-corrected chi connectivity index (χ4v) is 1.68. The van der Waals surface area contributed by atoms with Crippen molar-refractivity contribution >= 4 is 22.8 Å². The van der Waals surface area contributed by atoms with E-state index in [-0.39, 0.29) is 0 Å². The molecule has 0 aliphatic rings. The first kappa shape index (κ1) is 10.6. The van der Waals surface area contributed by atoms with Gasteiger partial charge in [0, 0.05) is 11.8 Å². The number of aryl methyl sites for hydroxylation is 1. The molecule has 0 spiro atoms. The summed E-state index contributed by atoms with van der Waals surface area (Å²) < 4.78 is 10.6. The molecule has 18 heavy (non-hydrogen) atoms. The van der Waals surface area contributed by atoms with Gasteiger partial charge in [0.25, 0.3) is 6.01 Å². The number of benzene rings is 1. The Hall–Kier alpha value is -2.50. The molecule has 6 nitrogen and oxygen atoms in total. The largest absolute Gasteiger partial charge is 0.424 e. The monoisotopic (exact) mass is 244 g/mol. The Morgan fingerprint density at radius 3 is 3.00 bits per heavy atom. The van der Waals surface area contributed by atoms with Crippen molar-refractivity contribution in [1.29, 1.82) is 0 Å². The molecule has 0 atom stereocenters. The van der Waals surface area contributed by atoms with E-state index in [2.05, 4.69) is 15.5 Å². The number of rotatable bonds is 3. The molecule has 0 saturated carbocycles. The Labute approximate surface area is 103 Å². The molecule has 3 N–H and O–H groups in total. The maximum atomic E-state index is 5.68. The maximum Gasteiger partial charge on any atom is 0.296 e. The molecular formula is C12H12N4O2. The predicted octanol–water partition coefficient (Wildman–Crippen LogP) is 2.32. The van der Waals surface area contributed by atoms with Gasteiger partial charge in [0.2, 0.25) is 0 Å². The van der Waals surface area contributed by atoms with Crippen LogP contribution in [0.15, 0.2) is 33.2 Å². The molecule has 3 rings (SSSR count). The zero-order valence-corrected chi connectivity index (χ0v) is 9.80. The summed E-state index contributed by atoms with van der Waals surface area (Å²) in [7, 11) is 0. The molecule has 6 heteroatoms. The summed E-state index contributed by atoms with van der Waals surface area (Å²) in [5.74, 6) is 0.731. The Morgan fingerprint density at radius 1 is 1.33 bits per heavy atom. The number of nitrogens with zero attached hydrogens (tertiary/aromatic N) is 2. The maximum absolute atomic E-state index is 5.68. The number of nitrogens with two attached hydrogens (primary N) is 1. The van der Waals surface area contributed by atoms with Crippen molar-refractivity contribution in [2.45, 2.75) is 13.5 Å². The van der Waals surface area contributed by atoms with Gasteiger partial charge in [-0.05, 0) is 25.1 Å². The Bertz CT molecular complexity index is 686. The quantitative estimate of drug-likeness (QED) is 0.687. The number of nitrogens with one attached hydrogen (secondary N) is 1. The number of anilines is 2. The van der Waals surface area contributed by atoms with E-state index in [1.165, 1.54) is 0 Å². The van der Waals surface area contributed by atoms with Crippen LogP contribution >= 0.6 is 0 Å². The highest BCUT2D eigenvalue weighted by molar-refractivity contribution is 5.78. The van der Waals surface area contributed by atoms with Crippen molar-refractivity contribution < 1.29 is 8.94 Å². The third kappa shape index (κ3) is 2.00. The van der Waals surface area contributed by atoms with E-state index in [4.69, 9.17) is 14.7 Å². The van der Waals surface area contributed by atoms with Crippen LogP contribution in [0.3, 0.4) is 0 Å². The van der Waals surface area contributed by atoms with E-state index >= 15 is 0 Å². The number of fused-ring (bicyclic) bond motifs is 1. The summed E-state index contributed by atoms with van der Waals surface area (Å²) in [6.07, 6.45) is 0. The molecule has 0 amide bonds. The third-order valence-corrected chi connectivity index (χ3v) is 2.50. The minimum atomic E-state index is 0.435. The van der Waals surface area contributed by atoms with Crippen LogP contribution in [0.5, 0.6) is 0 Å². The van der Waals surface area contributed by atoms with Gasteiger partial charge in [-0.15, -0.1) is 0 Å². The second-order valence-electron chi connectivity index (χ2n) is 4.03. The highest BCUT2D eigenvalue weighted by atomic mass is 16.5. The van der Waals surface area contributed by atoms with Gasteiger partial charge in [0.15, 0.2) is 11.3 Å². The number of aromatic nitrogens is 2. The van der Waals surface area contributed by atoms with Crippen molar-refractivity contribution in [2.24, 2.45) is 0 Å². The number of nitrogen functional groups attached to an aromatic ring is 1. The zero-order chi connectivity index (χ0) is 12.5. The van der Waals surface area contributed by atoms with Gasteiger partial charge in [-0.2, -0.15) is 4.98 Å². The Kier molecular flexibility index (Phi) is 2.40. The average molecular weight is 244 g/mol. The van der Waals surface area contributed by atoms with Crippen LogP contribution in [-0.2, 0) is 6.54 Å². The molecule has 0 bridgehead atoms. The van der Waals surface area contributed by atoms with Crippen LogP contribution in [0.1, 0.15) is 11.5 Å². The lowest BCUT2D eigenvalue weighted by Gasteiger charge is -1.95. The second-order valence-corrected chi connectivity index (χ2v) is 4.03. The van der Waals surface area contributed by atoms with Crippen LogP contribution in [0.25, 0.3) is 11.1 Å². The zero-order valence-electron chi connectivity index (χ0n) is 9.80. The Morgan fingerprint density at radius 2 is 2.22 bits per heavy atom. The minimum absolute atomic E-state index is 0.435. The molecule has 0 radical (unpaired) electrons. The fourth-order valence-electron chi connectivity index (χ4n) is 1.68. The van der Waals surface area contributed by atoms with Crippen molar-refractivity contribution in [3.63, 3.8) is 0 Å². The summed E-state index contributed by atoms with van der Waals surface area (Å²) in [4.78, 5) is 4.28. The summed E-state index contributed by atoms with van der Waals surface area (Å²) >= 11 is 0. The lowest BCUT2D eigenvalue weighted by molar-refractivity contribution is 0.383. The van der Waals surface area contributed by atoms with E-state index in [1.54, 1.807) is 18.2 Å². The molecule has 0 aliphatic carbocycles. The third-order valence-electron chi connectivity index (χ3n) is 2.50. The summed E-state index contributed by atoms with van der Waals surface area (Å²) in [6.45, 7) is 2.35. The van der Waals surface area contributed by atoms with Gasteiger partial charge in [-0.25, -0.2) is 0 Å². The SMILES string of the molecule is Cc1cc(CNc2nc3cc(N)ccc3o2)on1. The average Bonchev–Trinajstić information content (AvgIpc) is 2.92. The van der Waals surface area contributed by atoms with E-state index < -0.39 is 0 Å². The van der Waals surface area contributed by atoms with Gasteiger partial charge >= 0.3 is 0 Å². The molecule has 92 valence electrons. The van der Waals surface area contributed by atoms with Crippen LogP contribution < -0.4 is 11.1 Å². The lowest BCUT2D eigenvalue weighted by Crippen LogP contribution is -1.97. The van der Waals surface area contributed by atoms with Gasteiger partial charge in [0.1, 0.15) is 5.52 Å². The van der Waals surface area contributed by atoms with Crippen LogP contribution in [0.4, 0.5) is 11.7 Å². The molecule has 0 fully saturated rings. The summed E-state index contributed by atoms with van der Waals surface area (Å²) in [5, 5.41) is 6.83. The van der Waals surface area contributed by atoms with Gasteiger partial charge < -0.3 is 20.0 Å². The minimum Gasteiger partial charge on any atom is -0.424 e. The standard InChI is InChI=1S/C12H12N4O2/c1-7-4-9(18-16-7)6-14-12-15-10-5-8(13)2-3-11(10)17-12/h2-5H,6,13H2,1H3,(H,14,15). The molecule has 0 unspecified atom stereocenters. The fraction of sp³-hybridized carbons (Fsp3) is 0.167. The summed E-state index contributed by atoms with van der Waals surface area (Å²) in [5.41, 5.74) is 8.60. The van der Waals surface area contributed by atoms with E-state index in [0.717, 1.165) is 17.0 Å². The summed E-state index contributed by atoms with van der Waals surface area (Å²) in [6, 6.07) is 7.62. The van der Waals surface area contributed by atoms with Crippen LogP contribution in [0.2, 0.25) is 0 Å². The van der Waals surface area contributed by atoms with Gasteiger partial charge in [-0.3, -0.25) is 0 Å². The van der Waals surface area contributed by atoms with Crippen molar-refractivity contribution in [3.05, 3.63) is 35.7 Å². The number of oxazole rings is 1. The number of hydrogen-bond donors (Lipinski definition) is 2. The Balaban J connectivity index is 1.78. The van der Waals surface area contributed by atoms with Crippen LogP contribution in [-0.4, -0.2) is 10.1 Å². The highest BCUT2D eigenvalue weighted by Gasteiger charge is 2.07. The first-order valence-corrected chi connectivity index (χ1v) is 5.53. The first-order valence-electron chi connectivity index (χ1n) is 5.53. The molecule has 3 aromatic rings. The van der Waals surface area contributed by atoms with Gasteiger partial charge in [-0.1, -0.05) is 5.16 Å². The molecule has 2 aromatic heterocycles. The van der Waals surface area contributed by atoms with E-state index in [0.29, 0.717) is 23.8 Å². The predicted molar refractivity (Wildman–Crippen MR) is 67.0 cm³/mol. The van der Waals surface area contributed by atoms with Crippen molar-refractivity contribution in [2.75, 3.05) is 11.1 Å². The van der Waals surface area contributed by atoms with E-state index in [1.807, 2.05) is 13.0 Å². The van der Waals surface area contributed by atoms with Crippen LogP contribution in [0, 0.1) is 6.92 Å². The van der Waals surface area contributed by atoms with Gasteiger partial charge in [0.05, 0.1) is 12.2 Å². The smallest absolute Gasteiger partial charge is 0.296 e. The number of hydrogen-bond acceptors (Lipinski definition) is 6. The molecule has 2 heterocycles.